The quantitative estimate of drug-likeness (QED) is 0.455. The van der Waals surface area contributed by atoms with Gasteiger partial charge in [0.15, 0.2) is 0 Å². The molecule has 0 aromatic rings. The molecule has 0 amide bonds. The van der Waals surface area contributed by atoms with Crippen LogP contribution in [0.5, 0.6) is 0 Å². The Kier molecular flexibility index (Phi) is 1.37. The van der Waals surface area contributed by atoms with Crippen molar-refractivity contribution in [2.45, 2.75) is 12.4 Å². The van der Waals surface area contributed by atoms with Gasteiger partial charge in [-0.05, 0) is 6.92 Å². The maximum Gasteiger partial charge on any atom is 0.100 e. The predicted molar refractivity (Wildman–Crippen MR) is 27.9 cm³/mol. The molecule has 1 nitrogen and oxygen atoms in total. The van der Waals surface area contributed by atoms with E-state index in [-0.39, 0.29) is 0 Å². The van der Waals surface area contributed by atoms with E-state index in [2.05, 4.69) is 6.92 Å². The van der Waals surface area contributed by atoms with E-state index in [9.17, 15) is 0 Å². The maximum atomic E-state index is 5.12. The molecule has 0 saturated carbocycles. The zero-order valence-corrected chi connectivity index (χ0v) is 4.62. The van der Waals surface area contributed by atoms with E-state index < -0.39 is 0 Å². The molecule has 0 N–H and O–H groups in total. The Morgan fingerprint density at radius 1 is 1.83 bits per heavy atom. The van der Waals surface area contributed by atoms with Crippen molar-refractivity contribution in [1.29, 1.82) is 0 Å². The Hall–Kier alpha value is 0.310. The molecule has 1 atom stereocenters. The lowest BCUT2D eigenvalue weighted by Gasteiger charge is -1.93. The first-order chi connectivity index (χ1) is 2.89. The number of hydrogen-bond acceptors (Lipinski definition) is 2. The van der Waals surface area contributed by atoms with Crippen LogP contribution in [0, 0.1) is 0 Å². The molecule has 0 aromatic heterocycles. The third-order valence-corrected chi connectivity index (χ3v) is 1.80. The fourth-order valence-corrected chi connectivity index (χ4v) is 1.19. The summed E-state index contributed by atoms with van der Waals surface area (Å²) < 4.78 is 5.12. The van der Waals surface area contributed by atoms with Crippen molar-refractivity contribution in [3.8, 4) is 0 Å². The highest BCUT2D eigenvalue weighted by molar-refractivity contribution is 7.99. The normalized spacial score (nSPS) is 34.5. The summed E-state index contributed by atoms with van der Waals surface area (Å²) in [6, 6.07) is 0. The minimum atomic E-state index is 0.463. The van der Waals surface area contributed by atoms with Crippen molar-refractivity contribution >= 4 is 11.8 Å². The standard InChI is InChI=1S/C4H8OS/c1-4-5-2-3-6-4/h4H,2-3H2,1H3. The molecular formula is C4H8OS. The highest BCUT2D eigenvalue weighted by Crippen LogP contribution is 2.17. The Balaban J connectivity index is 2.18. The zero-order valence-electron chi connectivity index (χ0n) is 3.81. The molecule has 0 spiro atoms. The first-order valence-corrected chi connectivity index (χ1v) is 3.17. The Morgan fingerprint density at radius 3 is 2.83 bits per heavy atom. The van der Waals surface area contributed by atoms with Crippen LogP contribution >= 0.6 is 11.8 Å². The lowest BCUT2D eigenvalue weighted by atomic mass is 10.8. The second-order valence-corrected chi connectivity index (χ2v) is 2.71. The van der Waals surface area contributed by atoms with E-state index in [1.165, 1.54) is 5.75 Å². The first kappa shape index (κ1) is 4.47. The molecule has 1 rings (SSSR count). The van der Waals surface area contributed by atoms with Crippen LogP contribution < -0.4 is 0 Å². The predicted octanol–water partition coefficient (Wildman–Crippen LogP) is 1.10. The van der Waals surface area contributed by atoms with Gasteiger partial charge in [0.2, 0.25) is 0 Å². The second kappa shape index (κ2) is 1.85. The molecule has 2 heteroatoms. The average Bonchev–Trinajstić information content (AvgIpc) is 1.86. The van der Waals surface area contributed by atoms with Crippen molar-refractivity contribution < 1.29 is 4.74 Å². The SMILES string of the molecule is CC1OCCS1. The van der Waals surface area contributed by atoms with Crippen LogP contribution in [0.1, 0.15) is 6.92 Å². The van der Waals surface area contributed by atoms with E-state index in [4.69, 9.17) is 4.74 Å². The molecule has 1 heterocycles. The van der Waals surface area contributed by atoms with Gasteiger partial charge >= 0.3 is 0 Å². The van der Waals surface area contributed by atoms with Crippen molar-refractivity contribution in [1.82, 2.24) is 0 Å². The summed E-state index contributed by atoms with van der Waals surface area (Å²) in [4.78, 5) is 0. The highest BCUT2D eigenvalue weighted by atomic mass is 32.2. The lowest BCUT2D eigenvalue weighted by Crippen LogP contribution is -1.90. The van der Waals surface area contributed by atoms with Crippen LogP contribution in [0.2, 0.25) is 0 Å². The van der Waals surface area contributed by atoms with Crippen LogP contribution in [0.25, 0.3) is 0 Å². The lowest BCUT2D eigenvalue weighted by molar-refractivity contribution is 0.156. The Morgan fingerprint density at radius 2 is 2.67 bits per heavy atom. The zero-order chi connectivity index (χ0) is 4.41. The topological polar surface area (TPSA) is 9.23 Å². The van der Waals surface area contributed by atoms with E-state index in [1.54, 1.807) is 0 Å². The third kappa shape index (κ3) is 0.884. The summed E-state index contributed by atoms with van der Waals surface area (Å²) in [5, 5.41) is 0. The molecule has 0 aliphatic carbocycles. The van der Waals surface area contributed by atoms with Crippen molar-refractivity contribution in [3.63, 3.8) is 0 Å². The molecule has 36 valence electrons. The Labute approximate surface area is 42.1 Å². The van der Waals surface area contributed by atoms with Gasteiger partial charge in [0, 0.05) is 5.75 Å². The largest absolute Gasteiger partial charge is 0.367 e. The number of thioether (sulfide) groups is 1. The van der Waals surface area contributed by atoms with Crippen LogP contribution in [-0.2, 0) is 4.74 Å². The summed E-state index contributed by atoms with van der Waals surface area (Å²) in [5.41, 5.74) is 0.463. The summed E-state index contributed by atoms with van der Waals surface area (Å²) in [6.45, 7) is 3.03. The maximum absolute atomic E-state index is 5.12. The second-order valence-electron chi connectivity index (χ2n) is 1.31. The molecule has 1 aliphatic rings. The molecule has 6 heavy (non-hydrogen) atoms. The summed E-state index contributed by atoms with van der Waals surface area (Å²) in [5.74, 6) is 1.18. The number of hydrogen-bond donors (Lipinski definition) is 0. The fraction of sp³-hybridized carbons (Fsp3) is 1.00. The molecule has 1 saturated heterocycles. The van der Waals surface area contributed by atoms with Crippen LogP contribution in [0.3, 0.4) is 0 Å². The van der Waals surface area contributed by atoms with E-state index in [0.29, 0.717) is 5.44 Å². The van der Waals surface area contributed by atoms with Gasteiger partial charge in [-0.25, -0.2) is 0 Å². The van der Waals surface area contributed by atoms with E-state index >= 15 is 0 Å². The van der Waals surface area contributed by atoms with Gasteiger partial charge in [0.25, 0.3) is 0 Å². The van der Waals surface area contributed by atoms with E-state index in [1.807, 2.05) is 11.8 Å². The van der Waals surface area contributed by atoms with Gasteiger partial charge in [-0.3, -0.25) is 0 Å². The van der Waals surface area contributed by atoms with Gasteiger partial charge in [-0.1, -0.05) is 0 Å². The molecule has 1 fully saturated rings. The Bertz CT molecular complexity index is 40.8. The summed E-state index contributed by atoms with van der Waals surface area (Å²) in [6.07, 6.45) is 0. The third-order valence-electron chi connectivity index (χ3n) is 0.788. The minimum absolute atomic E-state index is 0.463. The van der Waals surface area contributed by atoms with Crippen molar-refractivity contribution in [2.75, 3.05) is 12.4 Å². The fourth-order valence-electron chi connectivity index (χ4n) is 0.476. The van der Waals surface area contributed by atoms with Gasteiger partial charge in [-0.2, -0.15) is 0 Å². The van der Waals surface area contributed by atoms with Gasteiger partial charge in [-0.15, -0.1) is 11.8 Å². The molecule has 0 radical (unpaired) electrons. The molecule has 1 aliphatic heterocycles. The monoisotopic (exact) mass is 104 g/mol. The van der Waals surface area contributed by atoms with Crippen molar-refractivity contribution in [2.24, 2.45) is 0 Å². The van der Waals surface area contributed by atoms with Crippen molar-refractivity contribution in [3.05, 3.63) is 0 Å². The van der Waals surface area contributed by atoms with Gasteiger partial charge < -0.3 is 4.74 Å². The number of ether oxygens (including phenoxy) is 1. The van der Waals surface area contributed by atoms with E-state index in [0.717, 1.165) is 6.61 Å². The first-order valence-electron chi connectivity index (χ1n) is 2.13. The van der Waals surface area contributed by atoms with Crippen LogP contribution in [0.4, 0.5) is 0 Å². The minimum Gasteiger partial charge on any atom is -0.367 e. The smallest absolute Gasteiger partial charge is 0.100 e. The molecular weight excluding hydrogens is 96.1 g/mol. The molecule has 0 bridgehead atoms. The average molecular weight is 104 g/mol. The highest BCUT2D eigenvalue weighted by Gasteiger charge is 2.07. The summed E-state index contributed by atoms with van der Waals surface area (Å²) in [7, 11) is 0. The number of rotatable bonds is 0. The van der Waals surface area contributed by atoms with Gasteiger partial charge in [0.1, 0.15) is 5.44 Å². The molecule has 1 unspecified atom stereocenters. The summed E-state index contributed by atoms with van der Waals surface area (Å²) >= 11 is 1.87. The molecule has 0 aromatic carbocycles. The van der Waals surface area contributed by atoms with Crippen LogP contribution in [0.15, 0.2) is 0 Å². The van der Waals surface area contributed by atoms with Gasteiger partial charge in [0.05, 0.1) is 6.61 Å². The van der Waals surface area contributed by atoms with Crippen LogP contribution in [-0.4, -0.2) is 17.8 Å².